The second-order valence-corrected chi connectivity index (χ2v) is 8.46. The largest absolute Gasteiger partial charge is 0.408 e. The summed E-state index contributed by atoms with van der Waals surface area (Å²) in [5, 5.41) is 0. The SMILES string of the molecule is CC(C)C12CCC3(C(C)C)CCC(C(C)C)(CC1)[O+]23. The summed E-state index contributed by atoms with van der Waals surface area (Å²) in [6, 6.07) is 0. The van der Waals surface area contributed by atoms with E-state index < -0.39 is 0 Å². The Morgan fingerprint density at radius 3 is 0.895 bits per heavy atom. The first-order chi connectivity index (χ1) is 8.82. The van der Waals surface area contributed by atoms with Crippen molar-refractivity contribution in [3.05, 3.63) is 0 Å². The molecular formula is C18H33O+. The smallest absolute Gasteiger partial charge is 0.169 e. The van der Waals surface area contributed by atoms with E-state index in [1.807, 2.05) is 0 Å². The minimum Gasteiger partial charge on any atom is -0.408 e. The van der Waals surface area contributed by atoms with Crippen LogP contribution in [0.3, 0.4) is 0 Å². The molecule has 0 aromatic carbocycles. The van der Waals surface area contributed by atoms with E-state index in [0.717, 1.165) is 17.8 Å². The fourth-order valence-electron chi connectivity index (χ4n) is 5.91. The van der Waals surface area contributed by atoms with Crippen molar-refractivity contribution < 1.29 is 4.37 Å². The van der Waals surface area contributed by atoms with Gasteiger partial charge >= 0.3 is 0 Å². The molecule has 0 aromatic heterocycles. The van der Waals surface area contributed by atoms with Crippen LogP contribution in [0.15, 0.2) is 0 Å². The maximum Gasteiger partial charge on any atom is 0.169 e. The van der Waals surface area contributed by atoms with Crippen LogP contribution in [-0.4, -0.2) is 16.8 Å². The zero-order chi connectivity index (χ0) is 14.1. The van der Waals surface area contributed by atoms with Gasteiger partial charge < -0.3 is 4.37 Å². The van der Waals surface area contributed by atoms with Gasteiger partial charge in [-0.25, -0.2) is 0 Å². The van der Waals surface area contributed by atoms with Crippen molar-refractivity contribution in [3.63, 3.8) is 0 Å². The van der Waals surface area contributed by atoms with Crippen LogP contribution in [0.4, 0.5) is 0 Å². The molecule has 3 heterocycles. The lowest BCUT2D eigenvalue weighted by Crippen LogP contribution is -2.53. The molecule has 0 spiro atoms. The lowest BCUT2D eigenvalue weighted by molar-refractivity contribution is -0.352. The normalized spacial score (nSPS) is 45.9. The van der Waals surface area contributed by atoms with Gasteiger partial charge in [0, 0.05) is 56.3 Å². The van der Waals surface area contributed by atoms with Gasteiger partial charge in [-0.2, -0.15) is 0 Å². The third kappa shape index (κ3) is 1.41. The van der Waals surface area contributed by atoms with Crippen LogP contribution >= 0.6 is 0 Å². The Kier molecular flexibility index (Phi) is 2.93. The summed E-state index contributed by atoms with van der Waals surface area (Å²) < 4.78 is 4.16. The quantitative estimate of drug-likeness (QED) is 0.624. The Bertz CT molecular complexity index is 297. The van der Waals surface area contributed by atoms with Crippen molar-refractivity contribution in [1.82, 2.24) is 0 Å². The van der Waals surface area contributed by atoms with Crippen LogP contribution in [0.2, 0.25) is 0 Å². The van der Waals surface area contributed by atoms with Gasteiger partial charge in [0.1, 0.15) is 0 Å². The summed E-state index contributed by atoms with van der Waals surface area (Å²) in [5.41, 5.74) is 1.35. The maximum absolute atomic E-state index is 4.16. The van der Waals surface area contributed by atoms with E-state index >= 15 is 0 Å². The second-order valence-electron chi connectivity index (χ2n) is 8.46. The molecule has 1 heteroatoms. The van der Waals surface area contributed by atoms with Crippen molar-refractivity contribution in [2.75, 3.05) is 0 Å². The van der Waals surface area contributed by atoms with Crippen LogP contribution in [0.1, 0.15) is 80.1 Å². The van der Waals surface area contributed by atoms with Crippen molar-refractivity contribution >= 4 is 0 Å². The van der Waals surface area contributed by atoms with Crippen LogP contribution in [-0.2, 0) is 4.37 Å². The molecule has 19 heavy (non-hydrogen) atoms. The molecule has 0 aromatic rings. The fraction of sp³-hybridized carbons (Fsp3) is 1.00. The van der Waals surface area contributed by atoms with Gasteiger partial charge in [-0.15, -0.1) is 0 Å². The van der Waals surface area contributed by atoms with Gasteiger partial charge in [0.25, 0.3) is 0 Å². The molecule has 0 atom stereocenters. The van der Waals surface area contributed by atoms with Crippen molar-refractivity contribution in [2.24, 2.45) is 17.8 Å². The number of hydrogen-bond acceptors (Lipinski definition) is 0. The molecular weight excluding hydrogens is 232 g/mol. The predicted molar refractivity (Wildman–Crippen MR) is 81.5 cm³/mol. The standard InChI is InChI=1S/C18H33O/c1-13(2)16-7-9-17(14(3)4)11-12-18(10-8-16,15(5)6)19(16)17/h13-15H,7-12H2,1-6H3/q+1. The molecule has 3 rings (SSSR count). The Hall–Kier alpha value is -0.0400. The average molecular weight is 265 g/mol. The molecule has 1 nitrogen and oxygen atoms in total. The molecule has 3 fully saturated rings. The van der Waals surface area contributed by atoms with Gasteiger partial charge in [-0.1, -0.05) is 41.5 Å². The van der Waals surface area contributed by atoms with E-state index in [2.05, 4.69) is 45.9 Å². The lowest BCUT2D eigenvalue weighted by atomic mass is 9.82. The third-order valence-electron chi connectivity index (χ3n) is 7.29. The summed E-state index contributed by atoms with van der Waals surface area (Å²) in [5.74, 6) is 2.32. The Morgan fingerprint density at radius 1 is 0.526 bits per heavy atom. The molecule has 3 aliphatic heterocycles. The highest BCUT2D eigenvalue weighted by Crippen LogP contribution is 2.71. The van der Waals surface area contributed by atoms with Crippen LogP contribution < -0.4 is 0 Å². The van der Waals surface area contributed by atoms with E-state index in [0.29, 0.717) is 16.8 Å². The summed E-state index contributed by atoms with van der Waals surface area (Å²) >= 11 is 0. The highest BCUT2D eigenvalue weighted by molar-refractivity contribution is 5.18. The first-order valence-corrected chi connectivity index (χ1v) is 8.56. The first kappa shape index (κ1) is 13.9. The van der Waals surface area contributed by atoms with Crippen molar-refractivity contribution in [1.29, 1.82) is 0 Å². The summed E-state index contributed by atoms with van der Waals surface area (Å²) in [7, 11) is 0. The van der Waals surface area contributed by atoms with Crippen LogP contribution in [0.25, 0.3) is 0 Å². The van der Waals surface area contributed by atoms with Crippen molar-refractivity contribution in [3.8, 4) is 0 Å². The molecule has 3 saturated heterocycles. The summed E-state index contributed by atoms with van der Waals surface area (Å²) in [6.45, 7) is 14.7. The molecule has 110 valence electrons. The first-order valence-electron chi connectivity index (χ1n) is 8.56. The molecule has 0 bridgehead atoms. The molecule has 0 amide bonds. The lowest BCUT2D eigenvalue weighted by Gasteiger charge is -2.46. The van der Waals surface area contributed by atoms with E-state index in [1.54, 1.807) is 0 Å². The molecule has 0 N–H and O–H groups in total. The third-order valence-corrected chi connectivity index (χ3v) is 7.29. The average Bonchev–Trinajstić information content (AvgIpc) is 2.94. The molecule has 0 unspecified atom stereocenters. The Labute approximate surface area is 119 Å². The zero-order valence-electron chi connectivity index (χ0n) is 13.9. The Balaban J connectivity index is 2.12. The molecule has 3 aliphatic rings. The minimum atomic E-state index is 0.449. The van der Waals surface area contributed by atoms with E-state index in [4.69, 9.17) is 0 Å². The van der Waals surface area contributed by atoms with Gasteiger partial charge in [-0.05, 0) is 0 Å². The van der Waals surface area contributed by atoms with E-state index in [1.165, 1.54) is 38.5 Å². The molecule has 0 radical (unpaired) electrons. The highest BCUT2D eigenvalue weighted by atomic mass is 16.8. The van der Waals surface area contributed by atoms with E-state index in [9.17, 15) is 0 Å². The number of rotatable bonds is 3. The summed E-state index contributed by atoms with van der Waals surface area (Å²) in [4.78, 5) is 0. The van der Waals surface area contributed by atoms with Gasteiger partial charge in [0.2, 0.25) is 0 Å². The van der Waals surface area contributed by atoms with Crippen LogP contribution in [0, 0.1) is 17.8 Å². The topological polar surface area (TPSA) is 2.70 Å². The second kappa shape index (κ2) is 4.00. The predicted octanol–water partition coefficient (Wildman–Crippen LogP) is 5.10. The highest BCUT2D eigenvalue weighted by Gasteiger charge is 2.77. The minimum absolute atomic E-state index is 0.449. The molecule has 0 aliphatic carbocycles. The fourth-order valence-corrected chi connectivity index (χ4v) is 5.91. The van der Waals surface area contributed by atoms with Crippen molar-refractivity contribution in [2.45, 2.75) is 96.9 Å². The van der Waals surface area contributed by atoms with Crippen LogP contribution in [0.5, 0.6) is 0 Å². The van der Waals surface area contributed by atoms with Gasteiger partial charge in [-0.3, -0.25) is 0 Å². The zero-order valence-corrected chi connectivity index (χ0v) is 13.9. The monoisotopic (exact) mass is 265 g/mol. The number of hydrogen-bond donors (Lipinski definition) is 0. The summed E-state index contributed by atoms with van der Waals surface area (Å²) in [6.07, 6.45) is 8.51. The van der Waals surface area contributed by atoms with E-state index in [-0.39, 0.29) is 0 Å². The maximum atomic E-state index is 4.16. The molecule has 0 saturated carbocycles. The van der Waals surface area contributed by atoms with Gasteiger partial charge in [0.15, 0.2) is 16.8 Å². The Morgan fingerprint density at radius 2 is 0.737 bits per heavy atom. The van der Waals surface area contributed by atoms with Gasteiger partial charge in [0.05, 0.1) is 0 Å².